The smallest absolute Gasteiger partial charge is 0.219 e. The van der Waals surface area contributed by atoms with Crippen molar-refractivity contribution in [1.29, 1.82) is 0 Å². The van der Waals surface area contributed by atoms with Crippen LogP contribution in [0.3, 0.4) is 0 Å². The average molecular weight is 476 g/mol. The molecule has 1 atom stereocenters. The normalized spacial score (nSPS) is 20.5. The van der Waals surface area contributed by atoms with Crippen LogP contribution in [-0.4, -0.2) is 79.2 Å². The number of rotatable bonds is 4. The molecule has 0 amide bonds. The van der Waals surface area contributed by atoms with Crippen molar-refractivity contribution in [3.8, 4) is 11.4 Å². The Morgan fingerprint density at radius 2 is 1.84 bits per heavy atom. The van der Waals surface area contributed by atoms with Crippen LogP contribution in [0.4, 0.5) is 11.8 Å². The molecule has 3 N–H and O–H groups in total. The zero-order valence-electron chi connectivity index (χ0n) is 17.7. The van der Waals surface area contributed by atoms with Crippen molar-refractivity contribution in [3.63, 3.8) is 0 Å². The first-order chi connectivity index (χ1) is 15.4. The van der Waals surface area contributed by atoms with E-state index < -0.39 is 16.6 Å². The van der Waals surface area contributed by atoms with Crippen LogP contribution in [0, 0.1) is 0 Å². The molecule has 0 bridgehead atoms. The number of nitrogens with two attached hydrogens (primary N) is 1. The van der Waals surface area contributed by atoms with Gasteiger partial charge in [-0.2, -0.15) is 0 Å². The highest BCUT2D eigenvalue weighted by Crippen LogP contribution is 2.42. The molecule has 2 fully saturated rings. The molecule has 3 aromatic heterocycles. The zero-order valence-corrected chi connectivity index (χ0v) is 19.4. The molecule has 32 heavy (non-hydrogen) atoms. The Bertz CT molecular complexity index is 1140. The van der Waals surface area contributed by atoms with E-state index >= 15 is 0 Å². The first kappa shape index (κ1) is 21.6. The van der Waals surface area contributed by atoms with Crippen molar-refractivity contribution in [2.24, 2.45) is 0 Å². The van der Waals surface area contributed by atoms with E-state index in [1.807, 2.05) is 10.4 Å². The summed E-state index contributed by atoms with van der Waals surface area (Å²) in [7, 11) is -1.03. The zero-order chi connectivity index (χ0) is 22.3. The fourth-order valence-electron chi connectivity index (χ4n) is 4.08. The van der Waals surface area contributed by atoms with Crippen molar-refractivity contribution < 1.29 is 14.1 Å². The van der Waals surface area contributed by atoms with Crippen molar-refractivity contribution in [2.45, 2.75) is 18.4 Å². The Balaban J connectivity index is 1.57. The van der Waals surface area contributed by atoms with Crippen LogP contribution in [-0.2, 0) is 21.3 Å². The van der Waals surface area contributed by atoms with E-state index in [1.165, 1.54) is 11.3 Å². The molecule has 170 valence electrons. The van der Waals surface area contributed by atoms with Crippen LogP contribution in [0.15, 0.2) is 18.5 Å². The van der Waals surface area contributed by atoms with Crippen molar-refractivity contribution in [3.05, 3.63) is 23.3 Å². The van der Waals surface area contributed by atoms with Gasteiger partial charge >= 0.3 is 0 Å². The maximum Gasteiger partial charge on any atom is 0.219 e. The molecule has 10 nitrogen and oxygen atoms in total. The van der Waals surface area contributed by atoms with Gasteiger partial charge in [0.25, 0.3) is 0 Å². The van der Waals surface area contributed by atoms with E-state index in [9.17, 15) is 9.32 Å². The molecule has 2 aliphatic rings. The Morgan fingerprint density at radius 3 is 2.50 bits per heavy atom. The predicted molar refractivity (Wildman–Crippen MR) is 125 cm³/mol. The van der Waals surface area contributed by atoms with Crippen LogP contribution in [0.1, 0.15) is 17.7 Å². The molecule has 0 aliphatic carbocycles. The number of hydrogen-bond donors (Lipinski definition) is 2. The standard InChI is InChI=1S/C20H25N7O3S2/c1-32(29)27-4-2-20(28,3-5-27)15-10-14-16(31-15)18(26-6-8-30-9-7-26)25-17(24-14)13-11-22-19(21)23-12-13/h10-12,28H,2-9H2,1H3,(H2,21,22,23). The van der Waals surface area contributed by atoms with Crippen LogP contribution in [0.2, 0.25) is 0 Å². The third-order valence-corrected chi connectivity index (χ3v) is 8.37. The number of thiophene rings is 1. The van der Waals surface area contributed by atoms with E-state index in [-0.39, 0.29) is 5.95 Å². The summed E-state index contributed by atoms with van der Waals surface area (Å²) in [4.78, 5) is 20.8. The summed E-state index contributed by atoms with van der Waals surface area (Å²) in [5.74, 6) is 1.55. The van der Waals surface area contributed by atoms with Crippen molar-refractivity contribution in [2.75, 3.05) is 56.3 Å². The summed E-state index contributed by atoms with van der Waals surface area (Å²) in [5.41, 5.74) is 6.13. The summed E-state index contributed by atoms with van der Waals surface area (Å²) >= 11 is 1.54. The van der Waals surface area contributed by atoms with E-state index in [0.29, 0.717) is 50.5 Å². The second-order valence-electron chi connectivity index (χ2n) is 8.01. The quantitative estimate of drug-likeness (QED) is 0.570. The predicted octanol–water partition coefficient (Wildman–Crippen LogP) is 1.14. The first-order valence-corrected chi connectivity index (χ1v) is 12.8. The van der Waals surface area contributed by atoms with Gasteiger partial charge in [0.15, 0.2) is 11.6 Å². The summed E-state index contributed by atoms with van der Waals surface area (Å²) in [5, 5.41) is 11.4. The Labute approximate surface area is 192 Å². The van der Waals surface area contributed by atoms with Crippen LogP contribution in [0.25, 0.3) is 21.6 Å². The Hall–Kier alpha value is -2.25. The van der Waals surface area contributed by atoms with E-state index in [1.54, 1.807) is 18.6 Å². The topological polar surface area (TPSA) is 131 Å². The fraction of sp³-hybridized carbons (Fsp3) is 0.500. The molecule has 0 aromatic carbocycles. The number of nitrogens with zero attached hydrogens (tertiary/aromatic N) is 6. The van der Waals surface area contributed by atoms with Crippen molar-refractivity contribution >= 4 is 44.3 Å². The number of hydrogen-bond acceptors (Lipinski definition) is 10. The van der Waals surface area contributed by atoms with Gasteiger partial charge in [-0.1, -0.05) is 0 Å². The highest BCUT2D eigenvalue weighted by Gasteiger charge is 2.37. The number of morpholine rings is 1. The second kappa shape index (κ2) is 8.60. The van der Waals surface area contributed by atoms with Gasteiger partial charge in [-0.05, 0) is 18.9 Å². The van der Waals surface area contributed by atoms with Crippen LogP contribution < -0.4 is 10.6 Å². The van der Waals surface area contributed by atoms with Gasteiger partial charge in [-0.3, -0.25) is 0 Å². The van der Waals surface area contributed by atoms with Gasteiger partial charge in [0.05, 0.1) is 40.0 Å². The summed E-state index contributed by atoms with van der Waals surface area (Å²) in [6, 6.07) is 1.96. The summed E-state index contributed by atoms with van der Waals surface area (Å²) < 4.78 is 20.2. The third-order valence-electron chi connectivity index (χ3n) is 5.97. The molecule has 0 saturated carbocycles. The minimum Gasteiger partial charge on any atom is -0.384 e. The molecular formula is C20H25N7O3S2. The largest absolute Gasteiger partial charge is 0.384 e. The average Bonchev–Trinajstić information content (AvgIpc) is 3.25. The SMILES string of the molecule is CS(=O)N1CCC(O)(c2cc3nc(-c4cnc(N)nc4)nc(N4CCOCC4)c3s2)CC1. The molecule has 2 aliphatic heterocycles. The molecule has 5 heterocycles. The van der Waals surface area contributed by atoms with Crippen LogP contribution in [0.5, 0.6) is 0 Å². The molecule has 2 saturated heterocycles. The molecule has 0 radical (unpaired) electrons. The van der Waals surface area contributed by atoms with E-state index in [2.05, 4.69) is 14.9 Å². The highest BCUT2D eigenvalue weighted by molar-refractivity contribution is 7.81. The van der Waals surface area contributed by atoms with Gasteiger partial charge in [0.2, 0.25) is 5.95 Å². The highest BCUT2D eigenvalue weighted by atomic mass is 32.2. The molecule has 5 rings (SSSR count). The minimum atomic E-state index is -1.03. The lowest BCUT2D eigenvalue weighted by molar-refractivity contribution is -0.00541. The van der Waals surface area contributed by atoms with Gasteiger partial charge in [-0.15, -0.1) is 11.3 Å². The molecule has 3 aromatic rings. The molecule has 12 heteroatoms. The number of aromatic nitrogens is 4. The van der Waals surface area contributed by atoms with Gasteiger partial charge in [0, 0.05) is 49.7 Å². The van der Waals surface area contributed by atoms with Crippen molar-refractivity contribution in [1.82, 2.24) is 24.2 Å². The van der Waals surface area contributed by atoms with E-state index in [4.69, 9.17) is 20.4 Å². The number of piperidine rings is 1. The monoisotopic (exact) mass is 475 g/mol. The molecule has 1 unspecified atom stereocenters. The van der Waals surface area contributed by atoms with Gasteiger partial charge in [-0.25, -0.2) is 28.5 Å². The van der Waals surface area contributed by atoms with Gasteiger partial charge < -0.3 is 20.5 Å². The lowest BCUT2D eigenvalue weighted by atomic mass is 9.91. The summed E-state index contributed by atoms with van der Waals surface area (Å²) in [6.07, 6.45) is 5.97. The van der Waals surface area contributed by atoms with Gasteiger partial charge in [0.1, 0.15) is 5.60 Å². The molecular weight excluding hydrogens is 450 g/mol. The lowest BCUT2D eigenvalue weighted by Crippen LogP contribution is -2.42. The van der Waals surface area contributed by atoms with Crippen LogP contribution >= 0.6 is 11.3 Å². The minimum absolute atomic E-state index is 0.197. The number of nitrogen functional groups attached to an aromatic ring is 1. The second-order valence-corrected chi connectivity index (χ2v) is 10.4. The first-order valence-electron chi connectivity index (χ1n) is 10.5. The Kier molecular flexibility index (Phi) is 5.80. The number of anilines is 2. The number of fused-ring (bicyclic) bond motifs is 1. The fourth-order valence-corrected chi connectivity index (χ4v) is 6.03. The maximum atomic E-state index is 11.8. The number of ether oxygens (including phenoxy) is 1. The Morgan fingerprint density at radius 1 is 1.16 bits per heavy atom. The molecule has 0 spiro atoms. The van der Waals surface area contributed by atoms with E-state index in [0.717, 1.165) is 34.0 Å². The maximum absolute atomic E-state index is 11.8. The number of aliphatic hydroxyl groups is 1. The summed E-state index contributed by atoms with van der Waals surface area (Å²) in [6.45, 7) is 3.92. The third kappa shape index (κ3) is 4.08. The lowest BCUT2D eigenvalue weighted by Gasteiger charge is -2.36.